The fraction of sp³-hybridized carbons (Fsp3) is 0.188. The highest BCUT2D eigenvalue weighted by Gasteiger charge is 2.15. The molecule has 0 saturated carbocycles. The highest BCUT2D eigenvalue weighted by Crippen LogP contribution is 2.12. The third-order valence-corrected chi connectivity index (χ3v) is 3.81. The van der Waals surface area contributed by atoms with Gasteiger partial charge >= 0.3 is 5.97 Å². The molecule has 0 atom stereocenters. The quantitative estimate of drug-likeness (QED) is 0.879. The van der Waals surface area contributed by atoms with Gasteiger partial charge in [0.1, 0.15) is 0 Å². The molecule has 0 spiro atoms. The van der Waals surface area contributed by atoms with Gasteiger partial charge in [0.05, 0.1) is 10.4 Å². The zero-order chi connectivity index (χ0) is 16.1. The number of nitrogens with one attached hydrogen (secondary N) is 1. The zero-order valence-corrected chi connectivity index (χ0v) is 13.0. The molecule has 0 radical (unpaired) electrons. The molecule has 2 rings (SSSR count). The van der Waals surface area contributed by atoms with Gasteiger partial charge < -0.3 is 4.74 Å². The first-order chi connectivity index (χ1) is 10.5. The lowest BCUT2D eigenvalue weighted by molar-refractivity contribution is -0.123. The molecule has 0 aliphatic heterocycles. The highest BCUT2D eigenvalue weighted by molar-refractivity contribution is 7.12. The number of rotatable bonds is 4. The number of hydrogen-bond acceptors (Lipinski definition) is 5. The van der Waals surface area contributed by atoms with Crippen LogP contribution in [0.25, 0.3) is 0 Å². The summed E-state index contributed by atoms with van der Waals surface area (Å²) in [6.07, 6.45) is 0. The Morgan fingerprint density at radius 3 is 2.64 bits per heavy atom. The Bertz CT molecular complexity index is 707. The summed E-state index contributed by atoms with van der Waals surface area (Å²) in [4.78, 5) is 35.7. The smallest absolute Gasteiger partial charge is 0.338 e. The van der Waals surface area contributed by atoms with E-state index in [1.54, 1.807) is 30.5 Å². The number of hydrogen-bond donors (Lipinski definition) is 1. The van der Waals surface area contributed by atoms with Crippen LogP contribution < -0.4 is 5.32 Å². The molecule has 5 nitrogen and oxygen atoms in total. The molecular weight excluding hydrogens is 302 g/mol. The van der Waals surface area contributed by atoms with Crippen LogP contribution in [0.1, 0.15) is 31.2 Å². The topological polar surface area (TPSA) is 72.5 Å². The van der Waals surface area contributed by atoms with E-state index in [4.69, 9.17) is 4.74 Å². The summed E-state index contributed by atoms with van der Waals surface area (Å²) in [5.41, 5.74) is 2.11. The minimum atomic E-state index is -0.656. The standard InChI is InChI=1S/C16H15NO4S/c1-10-5-6-11(2)12(8-10)16(20)21-9-14(18)17-15(19)13-4-3-7-22-13/h3-8H,9H2,1-2H3,(H,17,18,19). The second-order valence-electron chi connectivity index (χ2n) is 4.75. The van der Waals surface area contributed by atoms with E-state index in [2.05, 4.69) is 5.32 Å². The number of esters is 1. The van der Waals surface area contributed by atoms with Gasteiger partial charge in [0.25, 0.3) is 11.8 Å². The molecule has 1 N–H and O–H groups in total. The van der Waals surface area contributed by atoms with E-state index in [-0.39, 0.29) is 0 Å². The molecule has 0 aliphatic rings. The zero-order valence-electron chi connectivity index (χ0n) is 12.2. The van der Waals surface area contributed by atoms with Gasteiger partial charge in [-0.05, 0) is 36.9 Å². The number of thiophene rings is 1. The summed E-state index contributed by atoms with van der Waals surface area (Å²) < 4.78 is 4.94. The Morgan fingerprint density at radius 2 is 1.95 bits per heavy atom. The monoisotopic (exact) mass is 317 g/mol. The molecule has 6 heteroatoms. The fourth-order valence-electron chi connectivity index (χ4n) is 1.80. The second kappa shape index (κ2) is 7.00. The third kappa shape index (κ3) is 4.02. The molecule has 0 fully saturated rings. The molecule has 0 aliphatic carbocycles. The molecule has 1 aromatic carbocycles. The number of carbonyl (C=O) groups is 3. The summed E-state index contributed by atoms with van der Waals surface area (Å²) >= 11 is 1.23. The van der Waals surface area contributed by atoms with E-state index in [9.17, 15) is 14.4 Å². The van der Waals surface area contributed by atoms with Crippen molar-refractivity contribution in [3.63, 3.8) is 0 Å². The third-order valence-electron chi connectivity index (χ3n) is 2.95. The maximum absolute atomic E-state index is 12.0. The van der Waals surface area contributed by atoms with Gasteiger partial charge in [0.15, 0.2) is 6.61 Å². The summed E-state index contributed by atoms with van der Waals surface area (Å²) in [6.45, 7) is 3.16. The summed E-state index contributed by atoms with van der Waals surface area (Å²) in [7, 11) is 0. The van der Waals surface area contributed by atoms with Gasteiger partial charge in [-0.3, -0.25) is 14.9 Å². The number of amides is 2. The molecule has 114 valence electrons. The normalized spacial score (nSPS) is 10.1. The first-order valence-corrected chi connectivity index (χ1v) is 7.47. The molecule has 1 aromatic heterocycles. The molecule has 1 heterocycles. The van der Waals surface area contributed by atoms with E-state index >= 15 is 0 Å². The Morgan fingerprint density at radius 1 is 1.18 bits per heavy atom. The first-order valence-electron chi connectivity index (χ1n) is 6.59. The van der Waals surface area contributed by atoms with E-state index in [1.165, 1.54) is 11.3 Å². The van der Waals surface area contributed by atoms with Crippen LogP contribution in [0.5, 0.6) is 0 Å². The Kier molecular flexibility index (Phi) is 5.06. The van der Waals surface area contributed by atoms with Crippen molar-refractivity contribution < 1.29 is 19.1 Å². The van der Waals surface area contributed by atoms with Crippen LogP contribution in [0.3, 0.4) is 0 Å². The van der Waals surface area contributed by atoms with Crippen LogP contribution in [0, 0.1) is 13.8 Å². The molecule has 0 unspecified atom stereocenters. The number of ether oxygens (including phenoxy) is 1. The summed E-state index contributed by atoms with van der Waals surface area (Å²) in [6, 6.07) is 8.72. The van der Waals surface area contributed by atoms with Gasteiger partial charge in [0.2, 0.25) is 0 Å². The number of carbonyl (C=O) groups excluding carboxylic acids is 3. The van der Waals surface area contributed by atoms with Gasteiger partial charge in [-0.1, -0.05) is 23.8 Å². The van der Waals surface area contributed by atoms with Crippen LogP contribution >= 0.6 is 11.3 Å². The van der Waals surface area contributed by atoms with E-state index in [1.807, 2.05) is 19.1 Å². The minimum absolute atomic E-state index is 0.414. The van der Waals surface area contributed by atoms with Crippen molar-refractivity contribution in [1.82, 2.24) is 5.32 Å². The van der Waals surface area contributed by atoms with Crippen molar-refractivity contribution in [2.24, 2.45) is 0 Å². The van der Waals surface area contributed by atoms with Gasteiger partial charge in [-0.25, -0.2) is 4.79 Å². The lowest BCUT2D eigenvalue weighted by Crippen LogP contribution is -2.33. The lowest BCUT2D eigenvalue weighted by atomic mass is 10.1. The molecule has 0 bridgehead atoms. The van der Waals surface area contributed by atoms with Crippen molar-refractivity contribution in [3.8, 4) is 0 Å². The average molecular weight is 317 g/mol. The Balaban J connectivity index is 1.89. The van der Waals surface area contributed by atoms with Gasteiger partial charge in [-0.2, -0.15) is 0 Å². The maximum atomic E-state index is 12.0. The van der Waals surface area contributed by atoms with E-state index in [0.717, 1.165) is 11.1 Å². The fourth-order valence-corrected chi connectivity index (χ4v) is 2.42. The number of benzene rings is 1. The SMILES string of the molecule is Cc1ccc(C)c(C(=O)OCC(=O)NC(=O)c2cccs2)c1. The highest BCUT2D eigenvalue weighted by atomic mass is 32.1. The first kappa shape index (κ1) is 15.9. The predicted octanol–water partition coefficient (Wildman–Crippen LogP) is 2.48. The Hall–Kier alpha value is -2.47. The minimum Gasteiger partial charge on any atom is -0.452 e. The van der Waals surface area contributed by atoms with Gasteiger partial charge in [-0.15, -0.1) is 11.3 Å². The number of imide groups is 1. The van der Waals surface area contributed by atoms with Crippen LogP contribution in [-0.2, 0) is 9.53 Å². The van der Waals surface area contributed by atoms with Crippen LogP contribution in [0.2, 0.25) is 0 Å². The van der Waals surface area contributed by atoms with Crippen LogP contribution in [0.4, 0.5) is 0 Å². The molecule has 0 saturated heterocycles. The van der Waals surface area contributed by atoms with Crippen molar-refractivity contribution in [1.29, 1.82) is 0 Å². The van der Waals surface area contributed by atoms with Crippen LogP contribution in [0.15, 0.2) is 35.7 Å². The molecular formula is C16H15NO4S. The van der Waals surface area contributed by atoms with Crippen LogP contribution in [-0.4, -0.2) is 24.4 Å². The van der Waals surface area contributed by atoms with Crippen molar-refractivity contribution in [3.05, 3.63) is 57.3 Å². The lowest BCUT2D eigenvalue weighted by Gasteiger charge is -2.08. The second-order valence-corrected chi connectivity index (χ2v) is 5.70. The molecule has 22 heavy (non-hydrogen) atoms. The van der Waals surface area contributed by atoms with Gasteiger partial charge in [0, 0.05) is 0 Å². The van der Waals surface area contributed by atoms with Crippen molar-refractivity contribution in [2.75, 3.05) is 6.61 Å². The molecule has 2 amide bonds. The molecule has 2 aromatic rings. The largest absolute Gasteiger partial charge is 0.452 e. The Labute approximate surface area is 131 Å². The average Bonchev–Trinajstić information content (AvgIpc) is 3.01. The van der Waals surface area contributed by atoms with E-state index < -0.39 is 24.4 Å². The maximum Gasteiger partial charge on any atom is 0.338 e. The van der Waals surface area contributed by atoms with Crippen molar-refractivity contribution >= 4 is 29.1 Å². The predicted molar refractivity (Wildman–Crippen MR) is 83.0 cm³/mol. The van der Waals surface area contributed by atoms with E-state index in [0.29, 0.717) is 10.4 Å². The summed E-state index contributed by atoms with van der Waals surface area (Å²) in [5, 5.41) is 3.91. The van der Waals surface area contributed by atoms with Crippen molar-refractivity contribution in [2.45, 2.75) is 13.8 Å². The number of aryl methyl sites for hydroxylation is 2. The summed E-state index contributed by atoms with van der Waals surface area (Å²) in [5.74, 6) is -1.74.